The molecule has 2 aromatic rings. The Morgan fingerprint density at radius 1 is 1.05 bits per heavy atom. The van der Waals surface area contributed by atoms with Crippen LogP contribution in [-0.2, 0) is 15.9 Å². The first-order valence-electron chi connectivity index (χ1n) is 7.28. The molecule has 4 heteroatoms. The summed E-state index contributed by atoms with van der Waals surface area (Å²) in [5.74, 6) is 0. The maximum Gasteiger partial charge on any atom is 0.494 e. The fraction of sp³-hybridized carbons (Fsp3) is 0.500. The van der Waals surface area contributed by atoms with Crippen LogP contribution >= 0.6 is 0 Å². The third-order valence-electron chi connectivity index (χ3n) is 4.66. The topological polar surface area (TPSA) is 23.4 Å². The highest BCUT2D eigenvalue weighted by Crippen LogP contribution is 2.36. The number of nitrogens with zero attached hydrogens (tertiary/aromatic N) is 1. The van der Waals surface area contributed by atoms with Crippen LogP contribution in [0.1, 0.15) is 34.6 Å². The summed E-state index contributed by atoms with van der Waals surface area (Å²) in [6, 6.07) is 8.58. The highest BCUT2D eigenvalue weighted by molar-refractivity contribution is 6.62. The quantitative estimate of drug-likeness (QED) is 0.784. The van der Waals surface area contributed by atoms with Gasteiger partial charge in [-0.1, -0.05) is 12.1 Å². The highest BCUT2D eigenvalue weighted by Gasteiger charge is 2.51. The Morgan fingerprint density at radius 3 is 2.30 bits per heavy atom. The second kappa shape index (κ2) is 4.37. The lowest BCUT2D eigenvalue weighted by molar-refractivity contribution is 0.00578. The average Bonchev–Trinajstić information content (AvgIpc) is 2.87. The van der Waals surface area contributed by atoms with E-state index in [1.54, 1.807) is 0 Å². The smallest absolute Gasteiger partial charge is 0.399 e. The van der Waals surface area contributed by atoms with E-state index >= 15 is 0 Å². The van der Waals surface area contributed by atoms with Gasteiger partial charge >= 0.3 is 7.12 Å². The van der Waals surface area contributed by atoms with Crippen molar-refractivity contribution in [1.29, 1.82) is 0 Å². The zero-order chi connectivity index (χ0) is 14.5. The Kier molecular flexibility index (Phi) is 3.00. The molecule has 0 spiro atoms. The molecule has 106 valence electrons. The standard InChI is InChI=1S/C16H22BNO2/c1-6-18-10-9-12-11-13(7-8-14(12)18)17-19-15(2,3)16(4,5)20-17/h7-11H,6H2,1-5H3. The normalized spacial score (nSPS) is 20.8. The van der Waals surface area contributed by atoms with Crippen molar-refractivity contribution in [3.63, 3.8) is 0 Å². The van der Waals surface area contributed by atoms with Crippen LogP contribution in [0.15, 0.2) is 30.5 Å². The first-order chi connectivity index (χ1) is 9.34. The summed E-state index contributed by atoms with van der Waals surface area (Å²) in [6.07, 6.45) is 2.12. The van der Waals surface area contributed by atoms with Crippen LogP contribution in [-0.4, -0.2) is 22.9 Å². The maximum absolute atomic E-state index is 6.10. The number of fused-ring (bicyclic) bond motifs is 1. The van der Waals surface area contributed by atoms with Crippen LogP contribution in [0.25, 0.3) is 10.9 Å². The van der Waals surface area contributed by atoms with E-state index in [0.717, 1.165) is 12.0 Å². The number of hydrogen-bond acceptors (Lipinski definition) is 2. The van der Waals surface area contributed by atoms with Crippen molar-refractivity contribution >= 4 is 23.5 Å². The number of rotatable bonds is 2. The second-order valence-corrected chi connectivity index (χ2v) is 6.51. The van der Waals surface area contributed by atoms with Gasteiger partial charge in [0.2, 0.25) is 0 Å². The Morgan fingerprint density at radius 2 is 1.70 bits per heavy atom. The van der Waals surface area contributed by atoms with E-state index in [2.05, 4.69) is 69.6 Å². The lowest BCUT2D eigenvalue weighted by atomic mass is 9.79. The zero-order valence-electron chi connectivity index (χ0n) is 12.9. The van der Waals surface area contributed by atoms with Crippen LogP contribution in [0.3, 0.4) is 0 Å². The van der Waals surface area contributed by atoms with Crippen LogP contribution in [0.5, 0.6) is 0 Å². The molecule has 1 fully saturated rings. The molecule has 0 radical (unpaired) electrons. The zero-order valence-corrected chi connectivity index (χ0v) is 12.9. The molecule has 0 saturated carbocycles. The molecule has 1 aromatic carbocycles. The molecule has 0 bridgehead atoms. The summed E-state index contributed by atoms with van der Waals surface area (Å²) in [7, 11) is -0.283. The van der Waals surface area contributed by atoms with E-state index < -0.39 is 0 Å². The Hall–Kier alpha value is -1.26. The molecule has 3 nitrogen and oxygen atoms in total. The highest BCUT2D eigenvalue weighted by atomic mass is 16.7. The van der Waals surface area contributed by atoms with Crippen molar-refractivity contribution in [3.05, 3.63) is 30.5 Å². The lowest BCUT2D eigenvalue weighted by Crippen LogP contribution is -2.41. The number of aromatic nitrogens is 1. The van der Waals surface area contributed by atoms with Gasteiger partial charge in [-0.05, 0) is 57.6 Å². The van der Waals surface area contributed by atoms with Gasteiger partial charge in [-0.25, -0.2) is 0 Å². The van der Waals surface area contributed by atoms with E-state index in [0.29, 0.717) is 0 Å². The summed E-state index contributed by atoms with van der Waals surface area (Å²) in [4.78, 5) is 0. The van der Waals surface area contributed by atoms with E-state index in [9.17, 15) is 0 Å². The van der Waals surface area contributed by atoms with Crippen LogP contribution in [0.4, 0.5) is 0 Å². The van der Waals surface area contributed by atoms with E-state index in [1.807, 2.05) is 0 Å². The van der Waals surface area contributed by atoms with Crippen molar-refractivity contribution < 1.29 is 9.31 Å². The molecule has 20 heavy (non-hydrogen) atoms. The summed E-state index contributed by atoms with van der Waals surface area (Å²) < 4.78 is 14.4. The molecular formula is C16H22BNO2. The molecular weight excluding hydrogens is 249 g/mol. The predicted molar refractivity (Wildman–Crippen MR) is 83.3 cm³/mol. The molecule has 0 amide bonds. The van der Waals surface area contributed by atoms with Gasteiger partial charge in [-0.2, -0.15) is 0 Å². The number of aryl methyl sites for hydroxylation is 1. The second-order valence-electron chi connectivity index (χ2n) is 6.51. The Bertz CT molecular complexity index is 629. The molecule has 1 aliphatic rings. The average molecular weight is 271 g/mol. The van der Waals surface area contributed by atoms with E-state index in [4.69, 9.17) is 9.31 Å². The third kappa shape index (κ3) is 1.98. The van der Waals surface area contributed by atoms with Crippen LogP contribution in [0.2, 0.25) is 0 Å². The van der Waals surface area contributed by atoms with Crippen molar-refractivity contribution in [3.8, 4) is 0 Å². The first kappa shape index (κ1) is 13.7. The Balaban J connectivity index is 1.96. The van der Waals surface area contributed by atoms with Gasteiger partial charge in [0.1, 0.15) is 0 Å². The number of hydrogen-bond donors (Lipinski definition) is 0. The summed E-state index contributed by atoms with van der Waals surface area (Å²) in [5.41, 5.74) is 1.77. The molecule has 0 N–H and O–H groups in total. The molecule has 1 saturated heterocycles. The maximum atomic E-state index is 6.10. The predicted octanol–water partition coefficient (Wildman–Crippen LogP) is 2.96. The van der Waals surface area contributed by atoms with E-state index in [-0.39, 0.29) is 18.3 Å². The van der Waals surface area contributed by atoms with Gasteiger partial charge in [0.15, 0.2) is 0 Å². The van der Waals surface area contributed by atoms with Gasteiger partial charge in [0.25, 0.3) is 0 Å². The lowest BCUT2D eigenvalue weighted by Gasteiger charge is -2.32. The minimum Gasteiger partial charge on any atom is -0.399 e. The molecule has 2 heterocycles. The van der Waals surface area contributed by atoms with Crippen LogP contribution < -0.4 is 5.46 Å². The van der Waals surface area contributed by atoms with Crippen molar-refractivity contribution in [2.45, 2.75) is 52.4 Å². The van der Waals surface area contributed by atoms with Crippen molar-refractivity contribution in [2.24, 2.45) is 0 Å². The summed E-state index contributed by atoms with van der Waals surface area (Å²) in [5, 5.41) is 1.24. The molecule has 0 atom stereocenters. The fourth-order valence-electron chi connectivity index (χ4n) is 2.62. The largest absolute Gasteiger partial charge is 0.494 e. The Labute approximate surface area is 121 Å². The third-order valence-corrected chi connectivity index (χ3v) is 4.66. The van der Waals surface area contributed by atoms with Gasteiger partial charge in [-0.3, -0.25) is 0 Å². The minimum atomic E-state index is -0.290. The summed E-state index contributed by atoms with van der Waals surface area (Å²) >= 11 is 0. The van der Waals surface area contributed by atoms with Crippen LogP contribution in [0, 0.1) is 0 Å². The van der Waals surface area contributed by atoms with Crippen molar-refractivity contribution in [1.82, 2.24) is 4.57 Å². The first-order valence-corrected chi connectivity index (χ1v) is 7.28. The molecule has 0 unspecified atom stereocenters. The van der Waals surface area contributed by atoms with Gasteiger partial charge in [0, 0.05) is 18.3 Å². The molecule has 3 rings (SSSR count). The number of benzene rings is 1. The van der Waals surface area contributed by atoms with Gasteiger partial charge in [-0.15, -0.1) is 0 Å². The minimum absolute atomic E-state index is 0.283. The summed E-state index contributed by atoms with van der Waals surface area (Å²) in [6.45, 7) is 11.5. The van der Waals surface area contributed by atoms with Crippen molar-refractivity contribution in [2.75, 3.05) is 0 Å². The SMILES string of the molecule is CCn1ccc2cc(B3OC(C)(C)C(C)(C)O3)ccc21. The molecule has 0 aliphatic carbocycles. The van der Waals surface area contributed by atoms with Gasteiger partial charge < -0.3 is 13.9 Å². The monoisotopic (exact) mass is 271 g/mol. The van der Waals surface area contributed by atoms with E-state index in [1.165, 1.54) is 10.9 Å². The fourth-order valence-corrected chi connectivity index (χ4v) is 2.62. The van der Waals surface area contributed by atoms with Gasteiger partial charge in [0.05, 0.1) is 11.2 Å². The molecule has 1 aromatic heterocycles. The molecule has 1 aliphatic heterocycles.